The number of hydrogen-bond donors (Lipinski definition) is 1. The smallest absolute Gasteiger partial charge is 0.272 e. The Hall–Kier alpha value is -2.63. The van der Waals surface area contributed by atoms with Gasteiger partial charge in [-0.2, -0.15) is 0 Å². The van der Waals surface area contributed by atoms with Gasteiger partial charge in [0.1, 0.15) is 5.69 Å². The highest BCUT2D eigenvalue weighted by Crippen LogP contribution is 2.25. The molecule has 6 heteroatoms. The monoisotopic (exact) mass is 351 g/mol. The predicted octanol–water partition coefficient (Wildman–Crippen LogP) is 2.63. The average Bonchev–Trinajstić information content (AvgIpc) is 3.48. The molecule has 1 aromatic heterocycles. The maximum atomic E-state index is 12.8. The van der Waals surface area contributed by atoms with Gasteiger partial charge in [-0.1, -0.05) is 12.1 Å². The Kier molecular flexibility index (Phi) is 4.49. The van der Waals surface area contributed by atoms with Crippen LogP contribution in [0.1, 0.15) is 34.5 Å². The lowest BCUT2D eigenvalue weighted by Gasteiger charge is -2.37. The van der Waals surface area contributed by atoms with Crippen LogP contribution in [-0.2, 0) is 0 Å². The molecule has 136 valence electrons. The first-order valence-corrected chi connectivity index (χ1v) is 9.32. The molecular formula is C20H25N5O. The quantitative estimate of drug-likeness (QED) is 0.917. The number of anilines is 2. The second-order valence-electron chi connectivity index (χ2n) is 7.18. The van der Waals surface area contributed by atoms with E-state index in [1.807, 2.05) is 4.90 Å². The molecule has 0 radical (unpaired) electrons. The summed E-state index contributed by atoms with van der Waals surface area (Å²) in [4.78, 5) is 25.7. The van der Waals surface area contributed by atoms with Crippen molar-refractivity contribution in [1.29, 1.82) is 0 Å². The first-order chi connectivity index (χ1) is 12.6. The summed E-state index contributed by atoms with van der Waals surface area (Å²) in [6.07, 6.45) is 3.97. The lowest BCUT2D eigenvalue weighted by atomic mass is 10.1. The van der Waals surface area contributed by atoms with Crippen LogP contribution in [0.3, 0.4) is 0 Å². The van der Waals surface area contributed by atoms with Gasteiger partial charge in [0.05, 0.1) is 0 Å². The van der Waals surface area contributed by atoms with Gasteiger partial charge >= 0.3 is 0 Å². The van der Waals surface area contributed by atoms with Crippen molar-refractivity contribution in [3.63, 3.8) is 0 Å². The summed E-state index contributed by atoms with van der Waals surface area (Å²) in [5.41, 5.74) is 4.37. The number of hydrogen-bond acceptors (Lipinski definition) is 5. The minimum Gasteiger partial charge on any atom is -0.368 e. The zero-order chi connectivity index (χ0) is 18.1. The fourth-order valence-electron chi connectivity index (χ4n) is 3.35. The first kappa shape index (κ1) is 16.8. The number of amides is 1. The lowest BCUT2D eigenvalue weighted by Crippen LogP contribution is -2.49. The van der Waals surface area contributed by atoms with Crippen LogP contribution in [0.25, 0.3) is 0 Å². The molecule has 1 N–H and O–H groups in total. The number of nitrogens with zero attached hydrogens (tertiary/aromatic N) is 4. The molecule has 2 fully saturated rings. The molecule has 2 aromatic rings. The zero-order valence-electron chi connectivity index (χ0n) is 15.4. The van der Waals surface area contributed by atoms with E-state index in [1.165, 1.54) is 16.8 Å². The minimum absolute atomic E-state index is 0.00754. The van der Waals surface area contributed by atoms with Crippen molar-refractivity contribution in [2.45, 2.75) is 32.7 Å². The minimum atomic E-state index is -0.00754. The maximum Gasteiger partial charge on any atom is 0.272 e. The Bertz CT molecular complexity index is 810. The van der Waals surface area contributed by atoms with Crippen molar-refractivity contribution in [2.24, 2.45) is 0 Å². The van der Waals surface area contributed by atoms with E-state index < -0.39 is 0 Å². The van der Waals surface area contributed by atoms with Crippen LogP contribution in [-0.4, -0.2) is 53.0 Å². The summed E-state index contributed by atoms with van der Waals surface area (Å²) in [6, 6.07) is 8.59. The van der Waals surface area contributed by atoms with Crippen molar-refractivity contribution >= 4 is 17.5 Å². The molecule has 0 bridgehead atoms. The fourth-order valence-corrected chi connectivity index (χ4v) is 3.35. The summed E-state index contributed by atoms with van der Waals surface area (Å²) in [6.45, 7) is 7.41. The van der Waals surface area contributed by atoms with Crippen LogP contribution in [0.4, 0.5) is 11.6 Å². The Morgan fingerprint density at radius 1 is 1.12 bits per heavy atom. The van der Waals surface area contributed by atoms with Gasteiger partial charge in [0.15, 0.2) is 0 Å². The van der Waals surface area contributed by atoms with Gasteiger partial charge < -0.3 is 15.1 Å². The lowest BCUT2D eigenvalue weighted by molar-refractivity contribution is 0.0741. The molecule has 6 nitrogen and oxygen atoms in total. The van der Waals surface area contributed by atoms with E-state index in [9.17, 15) is 4.79 Å². The van der Waals surface area contributed by atoms with E-state index in [0.29, 0.717) is 30.8 Å². The fraction of sp³-hybridized carbons (Fsp3) is 0.450. The topological polar surface area (TPSA) is 61.4 Å². The second kappa shape index (κ2) is 6.94. The molecule has 1 saturated carbocycles. The molecule has 4 rings (SSSR count). The maximum absolute atomic E-state index is 12.8. The van der Waals surface area contributed by atoms with E-state index in [1.54, 1.807) is 12.3 Å². The molecule has 1 saturated heterocycles. The number of aryl methyl sites for hydroxylation is 1. The van der Waals surface area contributed by atoms with E-state index in [2.05, 4.69) is 52.2 Å². The van der Waals surface area contributed by atoms with Crippen LogP contribution in [0.2, 0.25) is 0 Å². The zero-order valence-corrected chi connectivity index (χ0v) is 15.4. The summed E-state index contributed by atoms with van der Waals surface area (Å²) in [5.74, 6) is 0.555. The number of aromatic nitrogens is 2. The summed E-state index contributed by atoms with van der Waals surface area (Å²) < 4.78 is 0. The van der Waals surface area contributed by atoms with Crippen molar-refractivity contribution in [3.8, 4) is 0 Å². The van der Waals surface area contributed by atoms with Crippen LogP contribution in [0.15, 0.2) is 30.5 Å². The Labute approximate surface area is 154 Å². The highest BCUT2D eigenvalue weighted by atomic mass is 16.2. The third-order valence-electron chi connectivity index (χ3n) is 5.27. The van der Waals surface area contributed by atoms with Gasteiger partial charge in [0, 0.05) is 44.1 Å². The number of benzene rings is 1. The summed E-state index contributed by atoms with van der Waals surface area (Å²) in [5, 5.41) is 3.25. The number of piperazine rings is 1. The highest BCUT2D eigenvalue weighted by Gasteiger charge is 2.25. The van der Waals surface area contributed by atoms with Gasteiger partial charge in [-0.25, -0.2) is 9.97 Å². The molecule has 0 atom stereocenters. The van der Waals surface area contributed by atoms with Gasteiger partial charge in [0.2, 0.25) is 5.95 Å². The normalized spacial score (nSPS) is 17.3. The van der Waals surface area contributed by atoms with Crippen molar-refractivity contribution in [2.75, 3.05) is 36.4 Å². The molecular weight excluding hydrogens is 326 g/mol. The molecule has 0 unspecified atom stereocenters. The van der Waals surface area contributed by atoms with Crippen LogP contribution < -0.4 is 10.2 Å². The van der Waals surface area contributed by atoms with Crippen molar-refractivity contribution in [1.82, 2.24) is 14.9 Å². The van der Waals surface area contributed by atoms with E-state index >= 15 is 0 Å². The third kappa shape index (κ3) is 3.49. The summed E-state index contributed by atoms with van der Waals surface area (Å²) in [7, 11) is 0. The Morgan fingerprint density at radius 3 is 2.62 bits per heavy atom. The molecule has 26 heavy (non-hydrogen) atoms. The van der Waals surface area contributed by atoms with Crippen molar-refractivity contribution in [3.05, 3.63) is 47.3 Å². The second-order valence-corrected chi connectivity index (χ2v) is 7.18. The first-order valence-electron chi connectivity index (χ1n) is 9.32. The van der Waals surface area contributed by atoms with Crippen LogP contribution >= 0.6 is 0 Å². The largest absolute Gasteiger partial charge is 0.368 e. The van der Waals surface area contributed by atoms with Gasteiger partial charge in [-0.05, 0) is 49.9 Å². The average molecular weight is 351 g/mol. The van der Waals surface area contributed by atoms with E-state index in [-0.39, 0.29) is 5.91 Å². The van der Waals surface area contributed by atoms with Crippen molar-refractivity contribution < 1.29 is 4.79 Å². The van der Waals surface area contributed by atoms with Gasteiger partial charge in [0.25, 0.3) is 5.91 Å². The van der Waals surface area contributed by atoms with Gasteiger partial charge in [-0.3, -0.25) is 4.79 Å². The van der Waals surface area contributed by atoms with Crippen LogP contribution in [0.5, 0.6) is 0 Å². The molecule has 0 spiro atoms. The standard InChI is InChI=1S/C20H25N5O/c1-14-4-3-5-18(15(14)2)24-10-12-25(13-11-24)19(26)17-8-9-21-20(23-17)22-16-6-7-16/h3-5,8-9,16H,6-7,10-13H2,1-2H3,(H,21,22,23). The Morgan fingerprint density at radius 2 is 1.88 bits per heavy atom. The molecule has 1 amide bonds. The number of rotatable bonds is 4. The van der Waals surface area contributed by atoms with E-state index in [0.717, 1.165) is 25.9 Å². The third-order valence-corrected chi connectivity index (χ3v) is 5.27. The van der Waals surface area contributed by atoms with Crippen LogP contribution in [0, 0.1) is 13.8 Å². The Balaban J connectivity index is 1.41. The predicted molar refractivity (Wildman–Crippen MR) is 103 cm³/mol. The molecule has 1 aliphatic carbocycles. The molecule has 1 aliphatic heterocycles. The summed E-state index contributed by atoms with van der Waals surface area (Å²) >= 11 is 0. The van der Waals surface area contributed by atoms with E-state index in [4.69, 9.17) is 0 Å². The van der Waals surface area contributed by atoms with Gasteiger partial charge in [-0.15, -0.1) is 0 Å². The molecule has 2 heterocycles. The SMILES string of the molecule is Cc1cccc(N2CCN(C(=O)c3ccnc(NC4CC4)n3)CC2)c1C. The highest BCUT2D eigenvalue weighted by molar-refractivity contribution is 5.92. The molecule has 1 aromatic carbocycles. The number of carbonyl (C=O) groups excluding carboxylic acids is 1. The number of carbonyl (C=O) groups is 1. The molecule has 2 aliphatic rings. The number of nitrogens with one attached hydrogen (secondary N) is 1.